The van der Waals surface area contributed by atoms with Crippen LogP contribution >= 0.6 is 12.2 Å². The summed E-state index contributed by atoms with van der Waals surface area (Å²) in [4.78, 5) is 5.64. The summed E-state index contributed by atoms with van der Waals surface area (Å²) in [5.41, 5.74) is 2.62. The zero-order valence-corrected chi connectivity index (χ0v) is 9.53. The number of rotatable bonds is 1. The molecule has 0 saturated carbocycles. The molecule has 2 heterocycles. The Kier molecular flexibility index (Phi) is 2.70. The average Bonchev–Trinajstić information content (AvgIpc) is 2.52. The minimum Gasteiger partial charge on any atom is -0.350 e. The molecule has 1 saturated heterocycles. The lowest BCUT2D eigenvalue weighted by atomic mass is 10.0. The predicted octanol–water partition coefficient (Wildman–Crippen LogP) is 2.82. The SMILES string of the molecule is Cc1[nH]c(=S)ccc1[C@@H]1CCCN1C. The van der Waals surface area contributed by atoms with Gasteiger partial charge in [0.1, 0.15) is 4.64 Å². The highest BCUT2D eigenvalue weighted by Crippen LogP contribution is 2.31. The van der Waals surface area contributed by atoms with E-state index < -0.39 is 0 Å². The first-order valence-electron chi connectivity index (χ1n) is 5.08. The van der Waals surface area contributed by atoms with Gasteiger partial charge in [-0.2, -0.15) is 0 Å². The monoisotopic (exact) mass is 208 g/mol. The van der Waals surface area contributed by atoms with Crippen molar-refractivity contribution >= 4 is 12.2 Å². The van der Waals surface area contributed by atoms with Gasteiger partial charge in [-0.05, 0) is 45.0 Å². The second-order valence-corrected chi connectivity index (χ2v) is 4.48. The van der Waals surface area contributed by atoms with Crippen LogP contribution in [0.1, 0.15) is 30.1 Å². The summed E-state index contributed by atoms with van der Waals surface area (Å²) in [5.74, 6) is 0. The van der Waals surface area contributed by atoms with Gasteiger partial charge in [0.05, 0.1) is 0 Å². The Bertz CT molecular complexity index is 383. The average molecular weight is 208 g/mol. The standard InChI is InChI=1S/C11H16N2S/c1-8-9(5-6-11(14)12-8)10-4-3-7-13(10)2/h5-6,10H,3-4,7H2,1-2H3,(H,12,14)/t10-/m0/s1. The van der Waals surface area contributed by atoms with E-state index in [0.29, 0.717) is 6.04 Å². The fraction of sp³-hybridized carbons (Fsp3) is 0.545. The molecule has 1 N–H and O–H groups in total. The summed E-state index contributed by atoms with van der Waals surface area (Å²) in [6, 6.07) is 4.74. The molecule has 0 radical (unpaired) electrons. The molecule has 2 rings (SSSR count). The molecule has 0 bridgehead atoms. The first-order valence-corrected chi connectivity index (χ1v) is 5.49. The van der Waals surface area contributed by atoms with Crippen molar-refractivity contribution in [2.75, 3.05) is 13.6 Å². The number of H-pyrrole nitrogens is 1. The Balaban J connectivity index is 2.36. The maximum Gasteiger partial charge on any atom is 0.103 e. The van der Waals surface area contributed by atoms with Crippen LogP contribution in [0.2, 0.25) is 0 Å². The van der Waals surface area contributed by atoms with Crippen molar-refractivity contribution in [1.82, 2.24) is 9.88 Å². The summed E-state index contributed by atoms with van der Waals surface area (Å²) >= 11 is 5.09. The van der Waals surface area contributed by atoms with E-state index in [2.05, 4.69) is 29.9 Å². The van der Waals surface area contributed by atoms with Gasteiger partial charge in [-0.15, -0.1) is 0 Å². The van der Waals surface area contributed by atoms with Crippen molar-refractivity contribution in [2.24, 2.45) is 0 Å². The minimum atomic E-state index is 0.585. The van der Waals surface area contributed by atoms with Gasteiger partial charge in [-0.1, -0.05) is 18.3 Å². The van der Waals surface area contributed by atoms with E-state index in [0.717, 1.165) is 4.64 Å². The largest absolute Gasteiger partial charge is 0.350 e. The van der Waals surface area contributed by atoms with Crippen LogP contribution in [0.3, 0.4) is 0 Å². The van der Waals surface area contributed by atoms with Crippen LogP contribution in [0.15, 0.2) is 12.1 Å². The molecule has 14 heavy (non-hydrogen) atoms. The van der Waals surface area contributed by atoms with Crippen molar-refractivity contribution < 1.29 is 0 Å². The van der Waals surface area contributed by atoms with Crippen molar-refractivity contribution in [3.63, 3.8) is 0 Å². The number of aromatic nitrogens is 1. The van der Waals surface area contributed by atoms with Crippen molar-refractivity contribution in [2.45, 2.75) is 25.8 Å². The maximum atomic E-state index is 5.09. The molecular formula is C11H16N2S. The summed E-state index contributed by atoms with van der Waals surface area (Å²) in [5, 5.41) is 0. The first kappa shape index (κ1) is 9.87. The maximum absolute atomic E-state index is 5.09. The topological polar surface area (TPSA) is 19.0 Å². The molecule has 0 unspecified atom stereocenters. The molecule has 1 aliphatic rings. The van der Waals surface area contributed by atoms with Gasteiger partial charge in [-0.3, -0.25) is 4.90 Å². The molecule has 1 atom stereocenters. The Morgan fingerprint density at radius 2 is 2.29 bits per heavy atom. The van der Waals surface area contributed by atoms with Gasteiger partial charge in [0.25, 0.3) is 0 Å². The molecule has 1 aromatic rings. The first-order chi connectivity index (χ1) is 6.68. The Hall–Kier alpha value is -0.670. The summed E-state index contributed by atoms with van der Waals surface area (Å²) < 4.78 is 0.826. The number of aryl methyl sites for hydroxylation is 1. The van der Waals surface area contributed by atoms with E-state index in [1.54, 1.807) is 0 Å². The van der Waals surface area contributed by atoms with Gasteiger partial charge < -0.3 is 4.98 Å². The van der Waals surface area contributed by atoms with E-state index in [1.165, 1.54) is 30.6 Å². The second-order valence-electron chi connectivity index (χ2n) is 4.04. The fourth-order valence-corrected chi connectivity index (χ4v) is 2.47. The molecule has 76 valence electrons. The molecule has 1 aliphatic heterocycles. The van der Waals surface area contributed by atoms with E-state index in [-0.39, 0.29) is 0 Å². The Labute approximate surface area is 90.0 Å². The number of hydrogen-bond donors (Lipinski definition) is 1. The lowest BCUT2D eigenvalue weighted by molar-refractivity contribution is 0.316. The van der Waals surface area contributed by atoms with E-state index in [9.17, 15) is 0 Å². The van der Waals surface area contributed by atoms with Crippen molar-refractivity contribution in [3.8, 4) is 0 Å². The molecule has 0 aromatic carbocycles. The highest BCUT2D eigenvalue weighted by atomic mass is 32.1. The quantitative estimate of drug-likeness (QED) is 0.716. The van der Waals surface area contributed by atoms with Crippen LogP contribution in [-0.2, 0) is 0 Å². The van der Waals surface area contributed by atoms with Crippen LogP contribution in [-0.4, -0.2) is 23.5 Å². The van der Waals surface area contributed by atoms with Crippen LogP contribution in [0, 0.1) is 11.6 Å². The van der Waals surface area contributed by atoms with Gasteiger partial charge in [0, 0.05) is 11.7 Å². The highest BCUT2D eigenvalue weighted by Gasteiger charge is 2.23. The molecular weight excluding hydrogens is 192 g/mol. The van der Waals surface area contributed by atoms with Crippen LogP contribution < -0.4 is 0 Å². The number of hydrogen-bond acceptors (Lipinski definition) is 2. The number of pyridine rings is 1. The van der Waals surface area contributed by atoms with Gasteiger partial charge in [0.2, 0.25) is 0 Å². The molecule has 2 nitrogen and oxygen atoms in total. The molecule has 1 aromatic heterocycles. The van der Waals surface area contributed by atoms with Crippen LogP contribution in [0.5, 0.6) is 0 Å². The number of nitrogens with zero attached hydrogens (tertiary/aromatic N) is 1. The number of aromatic amines is 1. The molecule has 0 amide bonds. The number of likely N-dealkylation sites (tertiary alicyclic amines) is 1. The van der Waals surface area contributed by atoms with Crippen LogP contribution in [0.4, 0.5) is 0 Å². The lowest BCUT2D eigenvalue weighted by Gasteiger charge is -2.21. The third kappa shape index (κ3) is 1.74. The number of nitrogens with one attached hydrogen (secondary N) is 1. The Morgan fingerprint density at radius 3 is 2.86 bits per heavy atom. The smallest absolute Gasteiger partial charge is 0.103 e. The summed E-state index contributed by atoms with van der Waals surface area (Å²) in [7, 11) is 2.19. The molecule has 3 heteroatoms. The van der Waals surface area contributed by atoms with E-state index in [1.807, 2.05) is 6.07 Å². The third-order valence-electron chi connectivity index (χ3n) is 3.04. The van der Waals surface area contributed by atoms with Gasteiger partial charge >= 0.3 is 0 Å². The van der Waals surface area contributed by atoms with E-state index in [4.69, 9.17) is 12.2 Å². The zero-order chi connectivity index (χ0) is 10.1. The molecule has 1 fully saturated rings. The molecule has 0 aliphatic carbocycles. The highest BCUT2D eigenvalue weighted by molar-refractivity contribution is 7.71. The second kappa shape index (κ2) is 3.83. The Morgan fingerprint density at radius 1 is 1.50 bits per heavy atom. The van der Waals surface area contributed by atoms with Crippen molar-refractivity contribution in [3.05, 3.63) is 28.0 Å². The third-order valence-corrected chi connectivity index (χ3v) is 3.28. The van der Waals surface area contributed by atoms with E-state index >= 15 is 0 Å². The summed E-state index contributed by atoms with van der Waals surface area (Å²) in [6.45, 7) is 3.32. The fourth-order valence-electron chi connectivity index (χ4n) is 2.25. The zero-order valence-electron chi connectivity index (χ0n) is 8.71. The van der Waals surface area contributed by atoms with Crippen LogP contribution in [0.25, 0.3) is 0 Å². The normalized spacial score (nSPS) is 22.9. The lowest BCUT2D eigenvalue weighted by Crippen LogP contribution is -2.18. The minimum absolute atomic E-state index is 0.585. The molecule has 0 spiro atoms. The summed E-state index contributed by atoms with van der Waals surface area (Å²) in [6.07, 6.45) is 2.57. The predicted molar refractivity (Wildman–Crippen MR) is 61.0 cm³/mol. The van der Waals surface area contributed by atoms with Gasteiger partial charge in [0.15, 0.2) is 0 Å². The van der Waals surface area contributed by atoms with Crippen molar-refractivity contribution in [1.29, 1.82) is 0 Å². The van der Waals surface area contributed by atoms with Gasteiger partial charge in [-0.25, -0.2) is 0 Å².